The van der Waals surface area contributed by atoms with Crippen LogP contribution in [0.25, 0.3) is 0 Å². The van der Waals surface area contributed by atoms with Crippen LogP contribution in [0.2, 0.25) is 0 Å². The van der Waals surface area contributed by atoms with E-state index in [1.807, 2.05) is 0 Å². The number of nitrogens with one attached hydrogen (secondary N) is 1. The minimum Gasteiger partial charge on any atom is -0.389 e. The summed E-state index contributed by atoms with van der Waals surface area (Å²) in [5.41, 5.74) is -0.552. The van der Waals surface area contributed by atoms with E-state index in [2.05, 4.69) is 12.2 Å². The van der Waals surface area contributed by atoms with Crippen molar-refractivity contribution in [2.75, 3.05) is 0 Å². The average molecular weight is 317 g/mol. The molecule has 1 heterocycles. The number of hydrogen-bond donors (Lipinski definition) is 2. The molecule has 0 aromatic rings. The fourth-order valence-corrected chi connectivity index (χ4v) is 7.74. The third kappa shape index (κ3) is 1.99. The molecule has 3 nitrogen and oxygen atoms in total. The monoisotopic (exact) mass is 317 g/mol. The molecule has 128 valence electrons. The summed E-state index contributed by atoms with van der Waals surface area (Å²) in [7, 11) is 0. The van der Waals surface area contributed by atoms with E-state index in [1.165, 1.54) is 32.1 Å². The summed E-state index contributed by atoms with van der Waals surface area (Å²) in [6.45, 7) is 2.28. The van der Waals surface area contributed by atoms with E-state index in [4.69, 9.17) is 0 Å². The molecular formula is C20H31NO2. The Kier molecular flexibility index (Phi) is 3.27. The Labute approximate surface area is 139 Å². The molecule has 9 atom stereocenters. The molecular weight excluding hydrogens is 286 g/mol. The molecule has 1 saturated heterocycles. The number of fused-ring (bicyclic) bond motifs is 9. The van der Waals surface area contributed by atoms with Crippen molar-refractivity contribution in [1.29, 1.82) is 0 Å². The highest BCUT2D eigenvalue weighted by Crippen LogP contribution is 2.64. The highest BCUT2D eigenvalue weighted by molar-refractivity contribution is 5.83. The first kappa shape index (κ1) is 14.9. The van der Waals surface area contributed by atoms with Gasteiger partial charge in [0.25, 0.3) is 0 Å². The largest absolute Gasteiger partial charge is 0.389 e. The molecule has 3 heteroatoms. The standard InChI is InChI=1S/C20H31NO2/c1-11-6-7-15-17(21-11)8-12-10-20(15,23)16-9-18(22)13-4-2-3-5-14(13)19(12)16/h11-17,19,21,23H,2-10H2,1H3/t11-,12-,13+,14+,15+,16+,17+,19-,20+/m0/s1. The second-order valence-electron chi connectivity index (χ2n) is 9.46. The fourth-order valence-electron chi connectivity index (χ4n) is 7.74. The van der Waals surface area contributed by atoms with Crippen LogP contribution in [-0.2, 0) is 4.79 Å². The molecule has 4 saturated carbocycles. The summed E-state index contributed by atoms with van der Waals surface area (Å²) in [6.07, 6.45) is 10.1. The van der Waals surface area contributed by atoms with E-state index in [-0.39, 0.29) is 5.92 Å². The molecule has 1 aliphatic heterocycles. The number of rotatable bonds is 0. The topological polar surface area (TPSA) is 49.3 Å². The fraction of sp³-hybridized carbons (Fsp3) is 0.950. The Hall–Kier alpha value is -0.410. The molecule has 0 amide bonds. The van der Waals surface area contributed by atoms with Crippen LogP contribution in [0.15, 0.2) is 0 Å². The third-order valence-corrected chi connectivity index (χ3v) is 8.48. The molecule has 0 unspecified atom stereocenters. The first-order chi connectivity index (χ1) is 11.1. The predicted molar refractivity (Wildman–Crippen MR) is 88.8 cm³/mol. The van der Waals surface area contributed by atoms with Crippen molar-refractivity contribution in [2.45, 2.75) is 82.4 Å². The van der Waals surface area contributed by atoms with Gasteiger partial charge in [-0.3, -0.25) is 4.79 Å². The van der Waals surface area contributed by atoms with E-state index in [0.717, 1.165) is 19.3 Å². The Bertz CT molecular complexity index is 520. The summed E-state index contributed by atoms with van der Waals surface area (Å²) < 4.78 is 0. The van der Waals surface area contributed by atoms with E-state index >= 15 is 0 Å². The second kappa shape index (κ2) is 5.05. The maximum atomic E-state index is 12.8. The third-order valence-electron chi connectivity index (χ3n) is 8.48. The van der Waals surface area contributed by atoms with Gasteiger partial charge in [0.15, 0.2) is 0 Å². The maximum absolute atomic E-state index is 12.8. The summed E-state index contributed by atoms with van der Waals surface area (Å²) in [5, 5.41) is 15.5. The predicted octanol–water partition coefficient (Wildman–Crippen LogP) is 2.91. The minimum absolute atomic E-state index is 0.268. The number of ketones is 1. The molecule has 0 radical (unpaired) electrons. The van der Waals surface area contributed by atoms with Gasteiger partial charge in [-0.25, -0.2) is 0 Å². The van der Waals surface area contributed by atoms with Crippen LogP contribution in [0.4, 0.5) is 0 Å². The molecule has 5 rings (SSSR count). The van der Waals surface area contributed by atoms with Crippen LogP contribution in [0.1, 0.15) is 64.7 Å². The van der Waals surface area contributed by atoms with Gasteiger partial charge in [0.05, 0.1) is 5.60 Å². The SMILES string of the molecule is C[C@H]1CC[C@@H]2[C@@H](C[C@H]3C[C@]2(O)[C@@H]2CC(=O)[C@@H]4CCCC[C@H]4[C@H]32)N1. The lowest BCUT2D eigenvalue weighted by atomic mass is 9.58. The number of piperidine rings is 1. The zero-order chi connectivity index (χ0) is 15.8. The second-order valence-corrected chi connectivity index (χ2v) is 9.46. The van der Waals surface area contributed by atoms with Gasteiger partial charge in [0.2, 0.25) is 0 Å². The maximum Gasteiger partial charge on any atom is 0.136 e. The van der Waals surface area contributed by atoms with Crippen LogP contribution in [-0.4, -0.2) is 28.6 Å². The van der Waals surface area contributed by atoms with Crippen molar-refractivity contribution in [1.82, 2.24) is 5.32 Å². The number of carbonyl (C=O) groups excluding carboxylic acids is 1. The molecule has 5 aliphatic rings. The highest BCUT2D eigenvalue weighted by Gasteiger charge is 2.65. The van der Waals surface area contributed by atoms with Crippen molar-refractivity contribution in [3.05, 3.63) is 0 Å². The summed E-state index contributed by atoms with van der Waals surface area (Å²) in [4.78, 5) is 12.8. The van der Waals surface area contributed by atoms with Crippen LogP contribution in [0.5, 0.6) is 0 Å². The van der Waals surface area contributed by atoms with Gasteiger partial charge < -0.3 is 10.4 Å². The normalized spacial score (nSPS) is 58.3. The van der Waals surface area contributed by atoms with Crippen LogP contribution in [0.3, 0.4) is 0 Å². The van der Waals surface area contributed by atoms with Gasteiger partial charge in [-0.05, 0) is 69.1 Å². The smallest absolute Gasteiger partial charge is 0.136 e. The molecule has 0 aromatic carbocycles. The molecule has 0 aromatic heterocycles. The van der Waals surface area contributed by atoms with Crippen LogP contribution >= 0.6 is 0 Å². The highest BCUT2D eigenvalue weighted by atomic mass is 16.3. The van der Waals surface area contributed by atoms with Gasteiger partial charge in [0, 0.05) is 30.3 Å². The van der Waals surface area contributed by atoms with Crippen molar-refractivity contribution < 1.29 is 9.90 Å². The summed E-state index contributed by atoms with van der Waals surface area (Å²) >= 11 is 0. The number of carbonyl (C=O) groups is 1. The lowest BCUT2D eigenvalue weighted by Gasteiger charge is -2.49. The Morgan fingerprint density at radius 3 is 2.83 bits per heavy atom. The summed E-state index contributed by atoms with van der Waals surface area (Å²) in [5.74, 6) is 3.36. The zero-order valence-electron chi connectivity index (χ0n) is 14.3. The number of Topliss-reactive ketones (excluding diaryl/α,β-unsaturated/α-hetero) is 1. The Morgan fingerprint density at radius 1 is 1.13 bits per heavy atom. The lowest BCUT2D eigenvalue weighted by Crippen LogP contribution is -2.59. The van der Waals surface area contributed by atoms with Gasteiger partial charge >= 0.3 is 0 Å². The molecule has 23 heavy (non-hydrogen) atoms. The average Bonchev–Trinajstić information content (AvgIpc) is 2.76. The minimum atomic E-state index is -0.552. The quantitative estimate of drug-likeness (QED) is 0.722. The van der Waals surface area contributed by atoms with E-state index in [1.54, 1.807) is 0 Å². The number of aliphatic hydroxyl groups is 1. The van der Waals surface area contributed by atoms with Crippen molar-refractivity contribution >= 4 is 5.78 Å². The van der Waals surface area contributed by atoms with Gasteiger partial charge in [-0.1, -0.05) is 12.8 Å². The van der Waals surface area contributed by atoms with E-state index in [9.17, 15) is 9.90 Å². The number of hydrogen-bond acceptors (Lipinski definition) is 3. The molecule has 5 fully saturated rings. The molecule has 0 spiro atoms. The Balaban J connectivity index is 1.51. The first-order valence-corrected chi connectivity index (χ1v) is 10.1. The molecule has 4 aliphatic carbocycles. The van der Waals surface area contributed by atoms with E-state index in [0.29, 0.717) is 53.9 Å². The van der Waals surface area contributed by atoms with E-state index < -0.39 is 5.60 Å². The van der Waals surface area contributed by atoms with Gasteiger partial charge in [0.1, 0.15) is 5.78 Å². The van der Waals surface area contributed by atoms with Crippen molar-refractivity contribution in [3.63, 3.8) is 0 Å². The van der Waals surface area contributed by atoms with Crippen molar-refractivity contribution in [2.24, 2.45) is 35.5 Å². The zero-order valence-corrected chi connectivity index (χ0v) is 14.3. The molecule has 2 N–H and O–H groups in total. The van der Waals surface area contributed by atoms with Crippen LogP contribution in [0, 0.1) is 35.5 Å². The summed E-state index contributed by atoms with van der Waals surface area (Å²) in [6, 6.07) is 1.08. The van der Waals surface area contributed by atoms with Gasteiger partial charge in [-0.15, -0.1) is 0 Å². The Morgan fingerprint density at radius 2 is 1.96 bits per heavy atom. The lowest BCUT2D eigenvalue weighted by molar-refractivity contribution is -0.143. The van der Waals surface area contributed by atoms with Crippen molar-refractivity contribution in [3.8, 4) is 0 Å². The first-order valence-electron chi connectivity index (χ1n) is 10.1. The molecule has 2 bridgehead atoms. The van der Waals surface area contributed by atoms with Crippen LogP contribution < -0.4 is 5.32 Å². The van der Waals surface area contributed by atoms with Gasteiger partial charge in [-0.2, -0.15) is 0 Å².